The molecule has 0 aliphatic carbocycles. The molecule has 62 heavy (non-hydrogen) atoms. The van der Waals surface area contributed by atoms with E-state index in [-0.39, 0.29) is 0 Å². The molecule has 1 heteroatoms. The number of hydrogen-bond acceptors (Lipinski definition) is 0. The van der Waals surface area contributed by atoms with E-state index in [0.717, 1.165) is 0 Å². The van der Waals surface area contributed by atoms with Crippen molar-refractivity contribution in [3.8, 4) is 0 Å². The fourth-order valence-corrected chi connectivity index (χ4v) is 9.63. The van der Waals surface area contributed by atoms with Crippen LogP contribution < -0.4 is 0 Å². The first kappa shape index (κ1) is 58.4. The van der Waals surface area contributed by atoms with Gasteiger partial charge >= 0.3 is 0 Å². The minimum atomic E-state index is 1.24. The van der Waals surface area contributed by atoms with Gasteiger partial charge in [-0.3, -0.25) is 0 Å². The molecule has 0 bridgehead atoms. The van der Waals surface area contributed by atoms with Crippen LogP contribution in [0.4, 0.5) is 0 Å². The first-order valence-corrected chi connectivity index (χ1v) is 28.6. The van der Waals surface area contributed by atoms with E-state index in [1.54, 1.807) is 5.56 Å². The van der Waals surface area contributed by atoms with Gasteiger partial charge in [0.1, 0.15) is 6.54 Å². The summed E-state index contributed by atoms with van der Waals surface area (Å²) in [6.07, 6.45) is 73.3. The number of unbranched alkanes of at least 4 members (excludes halogenated alkanes) is 36. The van der Waals surface area contributed by atoms with E-state index < -0.39 is 0 Å². The van der Waals surface area contributed by atoms with E-state index >= 15 is 0 Å². The van der Waals surface area contributed by atoms with Gasteiger partial charge in [-0.25, -0.2) is 0 Å². The minimum absolute atomic E-state index is 1.24. The van der Waals surface area contributed by atoms with E-state index in [0.29, 0.717) is 0 Å². The molecule has 0 heterocycles. The number of rotatable bonds is 50. The maximum Gasteiger partial charge on any atom is 0.104 e. The van der Waals surface area contributed by atoms with Crippen LogP contribution in [0.5, 0.6) is 0 Å². The molecule has 0 fully saturated rings. The second-order valence-electron chi connectivity index (χ2n) is 20.0. The second-order valence-corrected chi connectivity index (χ2v) is 20.0. The van der Waals surface area contributed by atoms with Crippen LogP contribution in [-0.2, 0) is 6.54 Å². The number of nitrogens with zero attached hydrogens (tertiary/aromatic N) is 1. The number of allylic oxidation sites excluding steroid dienone is 6. The van der Waals surface area contributed by atoms with Crippen molar-refractivity contribution in [1.29, 1.82) is 0 Å². The highest BCUT2D eigenvalue weighted by Gasteiger charge is 2.26. The first-order chi connectivity index (χ1) is 30.8. The topological polar surface area (TPSA) is 0 Å². The van der Waals surface area contributed by atoms with Crippen LogP contribution in [0, 0.1) is 0 Å². The average Bonchev–Trinajstić information content (AvgIpc) is 3.29. The molecule has 1 nitrogen and oxygen atoms in total. The summed E-state index contributed by atoms with van der Waals surface area (Å²) in [5.74, 6) is 0. The molecular formula is C61H112N+. The lowest BCUT2D eigenvalue weighted by atomic mass is 10.0. The Labute approximate surface area is 391 Å². The molecule has 0 atom stereocenters. The molecule has 0 saturated carbocycles. The highest BCUT2D eigenvalue weighted by Crippen LogP contribution is 2.23. The summed E-state index contributed by atoms with van der Waals surface area (Å²) in [6.45, 7) is 12.3. The van der Waals surface area contributed by atoms with Crippen molar-refractivity contribution >= 4 is 0 Å². The minimum Gasteiger partial charge on any atom is -0.320 e. The Morgan fingerprint density at radius 3 is 0.758 bits per heavy atom. The SMILES string of the molecule is CCCCCC/C=C/CCCCCCCCCC[N+](CCCCCCCCCC/C=C/CCCCCC)(CCCCCCCCCC/C=C/CCCCCC)Cc1ccccc1. The van der Waals surface area contributed by atoms with Gasteiger partial charge in [0, 0.05) is 5.56 Å². The largest absolute Gasteiger partial charge is 0.320 e. The third-order valence-electron chi connectivity index (χ3n) is 13.8. The molecule has 0 saturated heterocycles. The fraction of sp³-hybridized carbons (Fsp3) is 0.803. The Balaban J connectivity index is 2.50. The average molecular weight is 860 g/mol. The lowest BCUT2D eigenvalue weighted by Gasteiger charge is -2.39. The van der Waals surface area contributed by atoms with Gasteiger partial charge in [0.05, 0.1) is 19.6 Å². The summed E-state index contributed by atoms with van der Waals surface area (Å²) in [4.78, 5) is 0. The molecule has 1 rings (SSSR count). The highest BCUT2D eigenvalue weighted by atomic mass is 15.3. The zero-order chi connectivity index (χ0) is 44.4. The van der Waals surface area contributed by atoms with E-state index in [2.05, 4.69) is 87.6 Å². The van der Waals surface area contributed by atoms with Gasteiger partial charge in [0.15, 0.2) is 0 Å². The van der Waals surface area contributed by atoms with Crippen molar-refractivity contribution in [2.24, 2.45) is 0 Å². The molecule has 0 aromatic heterocycles. The third kappa shape index (κ3) is 41.1. The molecule has 0 aliphatic rings. The quantitative estimate of drug-likeness (QED) is 0.0348. The van der Waals surface area contributed by atoms with E-state index in [4.69, 9.17) is 0 Å². The molecule has 0 radical (unpaired) electrons. The first-order valence-electron chi connectivity index (χ1n) is 28.6. The molecule has 0 unspecified atom stereocenters. The van der Waals surface area contributed by atoms with Crippen molar-refractivity contribution in [1.82, 2.24) is 0 Å². The Bertz CT molecular complexity index is 964. The van der Waals surface area contributed by atoms with E-state index in [1.807, 2.05) is 0 Å². The molecular weight excluding hydrogens is 747 g/mol. The van der Waals surface area contributed by atoms with Gasteiger partial charge in [-0.1, -0.05) is 242 Å². The van der Waals surface area contributed by atoms with E-state index in [9.17, 15) is 0 Å². The Morgan fingerprint density at radius 2 is 0.500 bits per heavy atom. The van der Waals surface area contributed by atoms with Crippen molar-refractivity contribution in [3.05, 3.63) is 72.4 Å². The molecule has 0 amide bonds. The number of quaternary nitrogens is 1. The van der Waals surface area contributed by atoms with Crippen LogP contribution in [0.25, 0.3) is 0 Å². The smallest absolute Gasteiger partial charge is 0.104 e. The zero-order valence-corrected chi connectivity index (χ0v) is 42.8. The maximum atomic E-state index is 2.46. The van der Waals surface area contributed by atoms with Crippen molar-refractivity contribution < 1.29 is 4.48 Å². The van der Waals surface area contributed by atoms with Crippen LogP contribution in [0.15, 0.2) is 66.8 Å². The summed E-state index contributed by atoms with van der Waals surface area (Å²) in [7, 11) is 0. The van der Waals surface area contributed by atoms with Crippen molar-refractivity contribution in [2.45, 2.75) is 297 Å². The monoisotopic (exact) mass is 859 g/mol. The van der Waals surface area contributed by atoms with Crippen LogP contribution in [0.3, 0.4) is 0 Å². The summed E-state index contributed by atoms with van der Waals surface area (Å²) < 4.78 is 1.34. The normalized spacial score (nSPS) is 12.3. The Hall–Kier alpha value is -1.60. The predicted octanol–water partition coefficient (Wildman–Crippen LogP) is 21.1. The number of hydrogen-bond donors (Lipinski definition) is 0. The fourth-order valence-electron chi connectivity index (χ4n) is 9.63. The number of benzene rings is 1. The van der Waals surface area contributed by atoms with Crippen LogP contribution in [0.2, 0.25) is 0 Å². The van der Waals surface area contributed by atoms with Gasteiger partial charge < -0.3 is 4.48 Å². The van der Waals surface area contributed by atoms with Gasteiger partial charge in [0.25, 0.3) is 0 Å². The Morgan fingerprint density at radius 1 is 0.274 bits per heavy atom. The lowest BCUT2D eigenvalue weighted by Crippen LogP contribution is -2.49. The summed E-state index contributed by atoms with van der Waals surface area (Å²) >= 11 is 0. The van der Waals surface area contributed by atoms with Gasteiger partial charge in [-0.05, 0) is 116 Å². The predicted molar refractivity (Wildman–Crippen MR) is 283 cm³/mol. The van der Waals surface area contributed by atoms with Gasteiger partial charge in [-0.15, -0.1) is 0 Å². The maximum absolute atomic E-state index is 2.46. The summed E-state index contributed by atoms with van der Waals surface area (Å²) in [5, 5.41) is 0. The van der Waals surface area contributed by atoms with E-state index in [1.165, 1.54) is 300 Å². The zero-order valence-electron chi connectivity index (χ0n) is 42.8. The van der Waals surface area contributed by atoms with Crippen LogP contribution in [-0.4, -0.2) is 24.1 Å². The molecule has 0 spiro atoms. The molecule has 1 aromatic rings. The van der Waals surface area contributed by atoms with Gasteiger partial charge in [0.2, 0.25) is 0 Å². The Kier molecular flexibility index (Phi) is 46.0. The molecule has 0 aliphatic heterocycles. The third-order valence-corrected chi connectivity index (χ3v) is 13.8. The molecule has 1 aromatic carbocycles. The second kappa shape index (κ2) is 48.8. The summed E-state index contributed by atoms with van der Waals surface area (Å²) in [6, 6.07) is 11.6. The highest BCUT2D eigenvalue weighted by molar-refractivity contribution is 5.13. The van der Waals surface area contributed by atoms with Crippen LogP contribution >= 0.6 is 0 Å². The van der Waals surface area contributed by atoms with Crippen molar-refractivity contribution in [3.63, 3.8) is 0 Å². The molecule has 360 valence electrons. The van der Waals surface area contributed by atoms with Crippen molar-refractivity contribution in [2.75, 3.05) is 19.6 Å². The van der Waals surface area contributed by atoms with Gasteiger partial charge in [-0.2, -0.15) is 0 Å². The molecule has 0 N–H and O–H groups in total. The lowest BCUT2D eigenvalue weighted by molar-refractivity contribution is -0.941. The van der Waals surface area contributed by atoms with Crippen LogP contribution in [0.1, 0.15) is 296 Å². The standard InChI is InChI=1S/C61H112N/c1-4-7-10-13-16-19-22-25-28-31-34-37-40-43-46-52-57-62(60-61-55-50-49-51-56-61,58-53-47-44-41-38-35-32-29-26-23-20-17-14-11-8-5-2)59-54-48-45-42-39-36-33-30-27-24-21-18-15-12-9-6-3/h19-24,49-51,55-56H,4-18,25-48,52-54,57-60H2,1-3H3/q+1/b22-19+,23-20+,24-21+. The summed E-state index contributed by atoms with van der Waals surface area (Å²) in [5.41, 5.74) is 1.57.